The molecule has 0 saturated heterocycles. The van der Waals surface area contributed by atoms with Gasteiger partial charge in [-0.25, -0.2) is 0 Å². The average molecular weight is 271 g/mol. The molecule has 2 nitrogen and oxygen atoms in total. The van der Waals surface area contributed by atoms with Crippen LogP contribution in [0.4, 0.5) is 0 Å². The summed E-state index contributed by atoms with van der Waals surface area (Å²) in [5.41, 5.74) is 0. The quantitative estimate of drug-likeness (QED) is 0.719. The van der Waals surface area contributed by atoms with Crippen LogP contribution in [-0.4, -0.2) is 19.2 Å². The average Bonchev–Trinajstić information content (AvgIpc) is 2.50. The number of fused-ring (bicyclic) bond motifs is 1. The minimum Gasteiger partial charge on any atom is -0.493 e. The summed E-state index contributed by atoms with van der Waals surface area (Å²) in [5, 5.41) is 5.95. The predicted molar refractivity (Wildman–Crippen MR) is 86.4 cm³/mol. The Bertz CT molecular complexity index is 518. The minimum absolute atomic E-state index is 0.621. The fourth-order valence-corrected chi connectivity index (χ4v) is 2.57. The van der Waals surface area contributed by atoms with Crippen molar-refractivity contribution in [1.29, 1.82) is 0 Å². The van der Waals surface area contributed by atoms with Gasteiger partial charge >= 0.3 is 0 Å². The SMILES string of the molecule is CCNC(CC)CCCOc1cccc2ccccc12. The zero-order chi connectivity index (χ0) is 14.2. The number of nitrogens with one attached hydrogen (secondary N) is 1. The summed E-state index contributed by atoms with van der Waals surface area (Å²) in [7, 11) is 0. The highest BCUT2D eigenvalue weighted by atomic mass is 16.5. The molecule has 0 amide bonds. The third-order valence-electron chi connectivity index (χ3n) is 3.69. The maximum absolute atomic E-state index is 5.96. The van der Waals surface area contributed by atoms with E-state index < -0.39 is 0 Å². The lowest BCUT2D eigenvalue weighted by atomic mass is 10.1. The Morgan fingerprint density at radius 1 is 1.05 bits per heavy atom. The molecule has 108 valence electrons. The summed E-state index contributed by atoms with van der Waals surface area (Å²) in [6.45, 7) is 6.23. The third kappa shape index (κ3) is 3.97. The molecule has 2 rings (SSSR count). The number of rotatable bonds is 8. The van der Waals surface area contributed by atoms with Crippen LogP contribution in [0, 0.1) is 0 Å². The van der Waals surface area contributed by atoms with Crippen LogP contribution >= 0.6 is 0 Å². The molecule has 1 unspecified atom stereocenters. The molecule has 0 saturated carbocycles. The number of hydrogen-bond donors (Lipinski definition) is 1. The van der Waals surface area contributed by atoms with E-state index in [0.717, 1.165) is 25.3 Å². The van der Waals surface area contributed by atoms with Gasteiger partial charge in [0.2, 0.25) is 0 Å². The van der Waals surface area contributed by atoms with Gasteiger partial charge in [-0.1, -0.05) is 50.2 Å². The van der Waals surface area contributed by atoms with Crippen molar-refractivity contribution in [2.24, 2.45) is 0 Å². The zero-order valence-corrected chi connectivity index (χ0v) is 12.6. The Morgan fingerprint density at radius 2 is 1.85 bits per heavy atom. The van der Waals surface area contributed by atoms with E-state index in [-0.39, 0.29) is 0 Å². The van der Waals surface area contributed by atoms with Gasteiger partial charge in [-0.15, -0.1) is 0 Å². The monoisotopic (exact) mass is 271 g/mol. The van der Waals surface area contributed by atoms with Crippen molar-refractivity contribution in [1.82, 2.24) is 5.32 Å². The molecule has 0 aromatic heterocycles. The van der Waals surface area contributed by atoms with Gasteiger partial charge in [0.1, 0.15) is 5.75 Å². The summed E-state index contributed by atoms with van der Waals surface area (Å²) < 4.78 is 5.96. The van der Waals surface area contributed by atoms with Crippen molar-refractivity contribution < 1.29 is 4.74 Å². The number of ether oxygens (including phenoxy) is 1. The molecule has 2 aromatic rings. The van der Waals surface area contributed by atoms with Crippen LogP contribution < -0.4 is 10.1 Å². The zero-order valence-electron chi connectivity index (χ0n) is 12.6. The van der Waals surface area contributed by atoms with Crippen molar-refractivity contribution in [2.45, 2.75) is 39.2 Å². The maximum Gasteiger partial charge on any atom is 0.127 e. The molecule has 1 N–H and O–H groups in total. The van der Waals surface area contributed by atoms with Crippen LogP contribution in [0.2, 0.25) is 0 Å². The van der Waals surface area contributed by atoms with Crippen LogP contribution in [-0.2, 0) is 0 Å². The molecular formula is C18H25NO. The Morgan fingerprint density at radius 3 is 2.65 bits per heavy atom. The fourth-order valence-electron chi connectivity index (χ4n) is 2.57. The van der Waals surface area contributed by atoms with Crippen LogP contribution in [0.1, 0.15) is 33.1 Å². The first-order chi connectivity index (χ1) is 9.85. The van der Waals surface area contributed by atoms with Crippen LogP contribution in [0.25, 0.3) is 10.8 Å². The van der Waals surface area contributed by atoms with E-state index in [4.69, 9.17) is 4.74 Å². The largest absolute Gasteiger partial charge is 0.493 e. The van der Waals surface area contributed by atoms with Gasteiger partial charge in [0, 0.05) is 11.4 Å². The third-order valence-corrected chi connectivity index (χ3v) is 3.69. The molecule has 0 aliphatic heterocycles. The van der Waals surface area contributed by atoms with Gasteiger partial charge in [0.05, 0.1) is 6.61 Å². The molecular weight excluding hydrogens is 246 g/mol. The molecule has 0 bridgehead atoms. The topological polar surface area (TPSA) is 21.3 Å². The first kappa shape index (κ1) is 14.9. The van der Waals surface area contributed by atoms with E-state index in [9.17, 15) is 0 Å². The van der Waals surface area contributed by atoms with E-state index in [2.05, 4.69) is 61.6 Å². The van der Waals surface area contributed by atoms with Crippen LogP contribution in [0.15, 0.2) is 42.5 Å². The molecule has 2 heteroatoms. The van der Waals surface area contributed by atoms with Crippen molar-refractivity contribution in [3.8, 4) is 5.75 Å². The van der Waals surface area contributed by atoms with Crippen LogP contribution in [0.3, 0.4) is 0 Å². The van der Waals surface area contributed by atoms with Crippen molar-refractivity contribution in [3.05, 3.63) is 42.5 Å². The van der Waals surface area contributed by atoms with Crippen LogP contribution in [0.5, 0.6) is 5.75 Å². The van der Waals surface area contributed by atoms with Crippen molar-refractivity contribution in [3.63, 3.8) is 0 Å². The van der Waals surface area contributed by atoms with E-state index in [1.807, 2.05) is 0 Å². The lowest BCUT2D eigenvalue weighted by Gasteiger charge is -2.16. The van der Waals surface area contributed by atoms with E-state index in [1.54, 1.807) is 0 Å². The van der Waals surface area contributed by atoms with Gasteiger partial charge in [-0.05, 0) is 37.3 Å². The molecule has 0 aliphatic carbocycles. The normalized spacial score (nSPS) is 12.5. The highest BCUT2D eigenvalue weighted by Gasteiger charge is 2.05. The standard InChI is InChI=1S/C18H25NO/c1-3-16(19-4-2)11-8-14-20-18-13-7-10-15-9-5-6-12-17(15)18/h5-7,9-10,12-13,16,19H,3-4,8,11,14H2,1-2H3. The Labute approximate surface area is 122 Å². The Balaban J connectivity index is 1.87. The van der Waals surface area contributed by atoms with Crippen molar-refractivity contribution >= 4 is 10.8 Å². The number of hydrogen-bond acceptors (Lipinski definition) is 2. The van der Waals surface area contributed by atoms with Gasteiger partial charge in [-0.2, -0.15) is 0 Å². The Kier molecular flexibility index (Phi) is 5.87. The lowest BCUT2D eigenvalue weighted by molar-refractivity contribution is 0.298. The summed E-state index contributed by atoms with van der Waals surface area (Å²) in [6.07, 6.45) is 3.45. The number of benzene rings is 2. The van der Waals surface area contributed by atoms with Gasteiger partial charge in [0.15, 0.2) is 0 Å². The second kappa shape index (κ2) is 7.91. The lowest BCUT2D eigenvalue weighted by Crippen LogP contribution is -2.28. The summed E-state index contributed by atoms with van der Waals surface area (Å²) in [4.78, 5) is 0. The molecule has 0 fully saturated rings. The molecule has 20 heavy (non-hydrogen) atoms. The second-order valence-corrected chi connectivity index (χ2v) is 5.13. The summed E-state index contributed by atoms with van der Waals surface area (Å²) in [5.74, 6) is 1.000. The molecule has 0 aliphatic rings. The van der Waals surface area contributed by atoms with Crippen molar-refractivity contribution in [2.75, 3.05) is 13.2 Å². The molecule has 1 atom stereocenters. The van der Waals surface area contributed by atoms with E-state index in [0.29, 0.717) is 6.04 Å². The Hall–Kier alpha value is -1.54. The maximum atomic E-state index is 5.96. The minimum atomic E-state index is 0.621. The summed E-state index contributed by atoms with van der Waals surface area (Å²) in [6, 6.07) is 15.2. The molecule has 0 radical (unpaired) electrons. The molecule has 2 aromatic carbocycles. The van der Waals surface area contributed by atoms with E-state index in [1.165, 1.54) is 23.6 Å². The van der Waals surface area contributed by atoms with Gasteiger partial charge in [0.25, 0.3) is 0 Å². The first-order valence-electron chi connectivity index (χ1n) is 7.69. The van der Waals surface area contributed by atoms with Gasteiger partial charge < -0.3 is 10.1 Å². The second-order valence-electron chi connectivity index (χ2n) is 5.13. The summed E-state index contributed by atoms with van der Waals surface area (Å²) >= 11 is 0. The highest BCUT2D eigenvalue weighted by molar-refractivity contribution is 5.88. The predicted octanol–water partition coefficient (Wildman–Crippen LogP) is 4.39. The van der Waals surface area contributed by atoms with Gasteiger partial charge in [-0.3, -0.25) is 0 Å². The smallest absolute Gasteiger partial charge is 0.127 e. The molecule has 0 heterocycles. The van der Waals surface area contributed by atoms with E-state index >= 15 is 0 Å². The molecule has 0 spiro atoms. The fraction of sp³-hybridized carbons (Fsp3) is 0.444. The highest BCUT2D eigenvalue weighted by Crippen LogP contribution is 2.25. The first-order valence-corrected chi connectivity index (χ1v) is 7.69.